The van der Waals surface area contributed by atoms with Gasteiger partial charge in [0.05, 0.1) is 29.6 Å². The number of aliphatic hydroxyl groups is 7. The number of ether oxygens (including phenoxy) is 4. The summed E-state index contributed by atoms with van der Waals surface area (Å²) in [5, 5.41) is 84.5. The van der Waals surface area contributed by atoms with Gasteiger partial charge in [-0.25, -0.2) is 0 Å². The van der Waals surface area contributed by atoms with Crippen molar-refractivity contribution in [3.8, 4) is 0 Å². The van der Waals surface area contributed by atoms with E-state index in [2.05, 4.69) is 47.6 Å². The summed E-state index contributed by atoms with van der Waals surface area (Å²) in [5.74, 6) is -1.73. The third kappa shape index (κ3) is 5.85. The van der Waals surface area contributed by atoms with E-state index in [0.29, 0.717) is 32.1 Å². The van der Waals surface area contributed by atoms with Gasteiger partial charge in [0.25, 0.3) is 0 Å². The van der Waals surface area contributed by atoms with Crippen molar-refractivity contribution < 1.29 is 69.4 Å². The highest BCUT2D eigenvalue weighted by Crippen LogP contribution is 2.76. The molecule has 0 aromatic heterocycles. The molecule has 0 spiro atoms. The van der Waals surface area contributed by atoms with Gasteiger partial charge in [-0.05, 0) is 111 Å². The maximum absolute atomic E-state index is 14.6. The zero-order valence-electron chi connectivity index (χ0n) is 33.9. The first-order valence-corrected chi connectivity index (χ1v) is 20.9. The molecule has 14 nitrogen and oxygen atoms in total. The number of aliphatic carboxylic acids is 1. The van der Waals surface area contributed by atoms with Gasteiger partial charge in [0, 0.05) is 0 Å². The van der Waals surface area contributed by atoms with Gasteiger partial charge in [0.2, 0.25) is 6.29 Å². The van der Waals surface area contributed by atoms with Crippen LogP contribution in [0.4, 0.5) is 0 Å². The number of fused-ring (bicyclic) bond motifs is 7. The number of carboxylic acids is 1. The number of aliphatic hydroxyl groups excluding tert-OH is 7. The third-order valence-electron chi connectivity index (χ3n) is 17.3. The van der Waals surface area contributed by atoms with E-state index in [1.54, 1.807) is 6.92 Å². The Morgan fingerprint density at radius 3 is 2.09 bits per heavy atom. The molecule has 20 atom stereocenters. The van der Waals surface area contributed by atoms with Crippen LogP contribution < -0.4 is 0 Å². The molecule has 2 saturated heterocycles. The van der Waals surface area contributed by atoms with Crippen LogP contribution in [0.1, 0.15) is 106 Å². The molecular weight excluding hydrogens is 728 g/mol. The second-order valence-corrected chi connectivity index (χ2v) is 20.0. The van der Waals surface area contributed by atoms with Crippen LogP contribution in [-0.4, -0.2) is 127 Å². The molecule has 4 saturated carbocycles. The molecule has 5 aliphatic carbocycles. The number of rotatable bonds is 6. The SMILES string of the molecule is C[C@H]1[C@H](C)CC[C@]2(C(=O)O[C@@H]3O[C@H](CO)[C@@H](O)[C@H](O)[C@H]3O)CC[C@]3(C(=O)O)C(=CC[C@@H]4[C@@]5(C)CC[C@H](O[C@@H]6O[C@H](C)[C@H](O)[C@H](O)[C@H]6O)C(C)(C)[C@@H]5CC[C@]43C)[C@H]12. The summed E-state index contributed by atoms with van der Waals surface area (Å²) < 4.78 is 23.9. The summed E-state index contributed by atoms with van der Waals surface area (Å²) >= 11 is 0. The van der Waals surface area contributed by atoms with Crippen molar-refractivity contribution in [2.24, 2.45) is 56.7 Å². The average Bonchev–Trinajstić information content (AvgIpc) is 3.14. The number of carbonyl (C=O) groups is 2. The van der Waals surface area contributed by atoms with Gasteiger partial charge in [0.15, 0.2) is 6.29 Å². The number of hydrogen-bond acceptors (Lipinski definition) is 13. The highest BCUT2D eigenvalue weighted by Gasteiger charge is 2.74. The van der Waals surface area contributed by atoms with Crippen LogP contribution in [0.15, 0.2) is 11.6 Å². The maximum atomic E-state index is 14.6. The highest BCUT2D eigenvalue weighted by molar-refractivity contribution is 5.85. The fraction of sp³-hybridized carbons (Fsp3) is 0.905. The largest absolute Gasteiger partial charge is 0.481 e. The lowest BCUT2D eigenvalue weighted by molar-refractivity contribution is -0.324. The van der Waals surface area contributed by atoms with Crippen molar-refractivity contribution in [2.75, 3.05) is 6.61 Å². The van der Waals surface area contributed by atoms with Crippen LogP contribution >= 0.6 is 0 Å². The van der Waals surface area contributed by atoms with E-state index in [4.69, 9.17) is 18.9 Å². The monoisotopic (exact) mass is 794 g/mol. The summed E-state index contributed by atoms with van der Waals surface area (Å²) in [6.45, 7) is 14.0. The van der Waals surface area contributed by atoms with E-state index in [9.17, 15) is 50.4 Å². The second-order valence-electron chi connectivity index (χ2n) is 20.0. The molecular formula is C42H66O14. The first kappa shape index (κ1) is 42.4. The predicted octanol–water partition coefficient (Wildman–Crippen LogP) is 2.26. The molecule has 8 N–H and O–H groups in total. The van der Waals surface area contributed by atoms with Gasteiger partial charge < -0.3 is 59.8 Å². The number of hydrogen-bond donors (Lipinski definition) is 8. The van der Waals surface area contributed by atoms with Crippen molar-refractivity contribution in [3.05, 3.63) is 11.6 Å². The van der Waals surface area contributed by atoms with E-state index in [1.807, 2.05) is 0 Å². The molecule has 7 rings (SSSR count). The lowest BCUT2D eigenvalue weighted by atomic mass is 9.33. The van der Waals surface area contributed by atoms with Crippen LogP contribution in [0.2, 0.25) is 0 Å². The van der Waals surface area contributed by atoms with E-state index < -0.39 is 108 Å². The zero-order chi connectivity index (χ0) is 41.1. The van der Waals surface area contributed by atoms with Crippen molar-refractivity contribution >= 4 is 11.9 Å². The van der Waals surface area contributed by atoms with Crippen molar-refractivity contribution in [3.63, 3.8) is 0 Å². The average molecular weight is 795 g/mol. The van der Waals surface area contributed by atoms with Gasteiger partial charge >= 0.3 is 11.9 Å². The Hall–Kier alpha value is -1.72. The Bertz CT molecular complexity index is 1550. The molecule has 2 aliphatic heterocycles. The molecule has 6 fully saturated rings. The quantitative estimate of drug-likeness (QED) is 0.110. The normalized spacial score (nSPS) is 54.0. The molecule has 2 heterocycles. The first-order valence-electron chi connectivity index (χ1n) is 20.9. The van der Waals surface area contributed by atoms with Crippen LogP contribution in [0.3, 0.4) is 0 Å². The number of esters is 1. The molecule has 56 heavy (non-hydrogen) atoms. The Morgan fingerprint density at radius 1 is 0.768 bits per heavy atom. The maximum Gasteiger partial charge on any atom is 0.315 e. The van der Waals surface area contributed by atoms with Crippen molar-refractivity contribution in [1.29, 1.82) is 0 Å². The Balaban J connectivity index is 1.21. The number of carboxylic acid groups (broad SMARTS) is 1. The van der Waals surface area contributed by atoms with Crippen LogP contribution in [0, 0.1) is 56.7 Å². The minimum Gasteiger partial charge on any atom is -0.481 e. The molecule has 0 amide bonds. The summed E-state index contributed by atoms with van der Waals surface area (Å²) in [6, 6.07) is 0. The Kier molecular flexibility index (Phi) is 11.0. The minimum atomic E-state index is -1.74. The molecule has 0 aromatic rings. The predicted molar refractivity (Wildman–Crippen MR) is 198 cm³/mol. The Labute approximate surface area is 329 Å². The van der Waals surface area contributed by atoms with E-state index >= 15 is 0 Å². The topological polar surface area (TPSA) is 233 Å². The summed E-state index contributed by atoms with van der Waals surface area (Å²) in [7, 11) is 0. The van der Waals surface area contributed by atoms with Crippen LogP contribution in [0.25, 0.3) is 0 Å². The van der Waals surface area contributed by atoms with Gasteiger partial charge in [-0.15, -0.1) is 0 Å². The van der Waals surface area contributed by atoms with Crippen LogP contribution in [0.5, 0.6) is 0 Å². The van der Waals surface area contributed by atoms with Crippen molar-refractivity contribution in [2.45, 2.75) is 174 Å². The van der Waals surface area contributed by atoms with Gasteiger partial charge in [-0.1, -0.05) is 53.2 Å². The fourth-order valence-corrected chi connectivity index (χ4v) is 13.9. The summed E-state index contributed by atoms with van der Waals surface area (Å²) in [6.07, 6.45) is -6.91. The lowest BCUT2D eigenvalue weighted by Crippen LogP contribution is -2.68. The zero-order valence-corrected chi connectivity index (χ0v) is 33.9. The smallest absolute Gasteiger partial charge is 0.315 e. The lowest BCUT2D eigenvalue weighted by Gasteiger charge is -2.70. The standard InChI is InChI=1S/C42H66O14/c1-19-10-15-41(37(52)56-35-33(49)31(47)29(45)23(18-43)54-35)16-17-42(36(50)51)22(27(41)20(19)2)8-9-25-39(6)13-12-26(38(4,5)24(39)11-14-40(25,42)7)55-34-32(48)30(46)28(44)21(3)53-34/h8,19-21,23-35,43-49H,9-18H2,1-7H3,(H,50,51)/t19-,20+,21-,23-,24+,25-,26+,27+,28+,29-,30+,31+,32-,33-,34+,35+,39+,40-,41+,42-/m1/s1. The third-order valence-corrected chi connectivity index (χ3v) is 17.3. The summed E-state index contributed by atoms with van der Waals surface area (Å²) in [4.78, 5) is 28.8. The van der Waals surface area contributed by atoms with E-state index in [0.717, 1.165) is 18.4 Å². The fourth-order valence-electron chi connectivity index (χ4n) is 13.9. The molecule has 14 heteroatoms. The molecule has 0 bridgehead atoms. The van der Waals surface area contributed by atoms with Gasteiger partial charge in [0.1, 0.15) is 42.7 Å². The van der Waals surface area contributed by atoms with E-state index in [-0.39, 0.29) is 48.0 Å². The molecule has 0 unspecified atom stereocenters. The molecule has 0 radical (unpaired) electrons. The molecule has 0 aromatic carbocycles. The van der Waals surface area contributed by atoms with Gasteiger partial charge in [-0.3, -0.25) is 9.59 Å². The van der Waals surface area contributed by atoms with Gasteiger partial charge in [-0.2, -0.15) is 0 Å². The molecule has 318 valence electrons. The van der Waals surface area contributed by atoms with Crippen LogP contribution in [-0.2, 0) is 28.5 Å². The second kappa shape index (κ2) is 14.5. The van der Waals surface area contributed by atoms with E-state index in [1.165, 1.54) is 0 Å². The molecule has 7 aliphatic rings. The highest BCUT2D eigenvalue weighted by atomic mass is 16.7. The summed E-state index contributed by atoms with van der Waals surface area (Å²) in [5.41, 5.74) is -2.93. The first-order chi connectivity index (χ1) is 26.1. The van der Waals surface area contributed by atoms with Crippen molar-refractivity contribution in [1.82, 2.24) is 0 Å². The number of allylic oxidation sites excluding steroid dienone is 1. The number of carbonyl (C=O) groups excluding carboxylic acids is 1. The Morgan fingerprint density at radius 2 is 1.43 bits per heavy atom. The minimum absolute atomic E-state index is 0.00720.